The number of methoxy groups -OCH3 is 1. The Morgan fingerprint density at radius 2 is 1.88 bits per heavy atom. The number of hydrogen-bond acceptors (Lipinski definition) is 5. The van der Waals surface area contributed by atoms with Crippen LogP contribution in [0.1, 0.15) is 42.5 Å². The molecule has 2 aliphatic carbocycles. The van der Waals surface area contributed by atoms with E-state index in [1.54, 1.807) is 24.3 Å². The van der Waals surface area contributed by atoms with Gasteiger partial charge in [-0.05, 0) is 61.3 Å². The first-order valence-corrected chi connectivity index (χ1v) is 8.69. The summed E-state index contributed by atoms with van der Waals surface area (Å²) in [6, 6.07) is 6.31. The number of benzene rings is 1. The molecule has 2 fully saturated rings. The highest BCUT2D eigenvalue weighted by Gasteiger charge is 2.40. The molecule has 25 heavy (non-hydrogen) atoms. The quantitative estimate of drug-likeness (QED) is 0.802. The zero-order valence-electron chi connectivity index (χ0n) is 14.3. The van der Waals surface area contributed by atoms with Crippen molar-refractivity contribution in [3.8, 4) is 0 Å². The molecule has 0 spiro atoms. The molecule has 0 aliphatic heterocycles. The maximum Gasteiger partial charge on any atom is 0.337 e. The van der Waals surface area contributed by atoms with Crippen molar-refractivity contribution in [2.24, 2.45) is 17.8 Å². The van der Waals surface area contributed by atoms with Crippen LogP contribution in [0.25, 0.3) is 0 Å². The van der Waals surface area contributed by atoms with E-state index in [1.807, 2.05) is 0 Å². The maximum absolute atomic E-state index is 11.9. The summed E-state index contributed by atoms with van der Waals surface area (Å²) >= 11 is 0. The number of nitrogens with one attached hydrogen (secondary N) is 1. The van der Waals surface area contributed by atoms with Gasteiger partial charge in [0, 0.05) is 12.1 Å². The first-order chi connectivity index (χ1) is 12.0. The molecule has 134 valence electrons. The lowest BCUT2D eigenvalue weighted by atomic mass is 9.86. The summed E-state index contributed by atoms with van der Waals surface area (Å²) in [5, 5.41) is 2.63. The fourth-order valence-electron chi connectivity index (χ4n) is 4.05. The summed E-state index contributed by atoms with van der Waals surface area (Å²) in [6.45, 7) is -0.293. The van der Waals surface area contributed by atoms with E-state index in [0.717, 1.165) is 12.3 Å². The molecule has 6 heteroatoms. The summed E-state index contributed by atoms with van der Waals surface area (Å²) < 4.78 is 9.71. The summed E-state index contributed by atoms with van der Waals surface area (Å²) in [6.07, 6.45) is 5.32. The Labute approximate surface area is 146 Å². The van der Waals surface area contributed by atoms with E-state index < -0.39 is 11.9 Å². The minimum atomic E-state index is -0.438. The zero-order chi connectivity index (χ0) is 17.8. The van der Waals surface area contributed by atoms with Crippen molar-refractivity contribution < 1.29 is 23.9 Å². The van der Waals surface area contributed by atoms with Gasteiger partial charge in [-0.3, -0.25) is 9.59 Å². The standard InChI is InChI=1S/C19H23NO5/c1-24-19(23)13-4-6-16(7-5-13)20-17(21)11-25-18(22)10-15-9-12-2-3-14(15)8-12/h4-7,12,14-15H,2-3,8-11H2,1H3,(H,20,21)/t12-,14-,15+/m1/s1. The number of rotatable bonds is 6. The van der Waals surface area contributed by atoms with Crippen LogP contribution >= 0.6 is 0 Å². The van der Waals surface area contributed by atoms with E-state index in [9.17, 15) is 14.4 Å². The number of esters is 2. The second-order valence-electron chi connectivity index (χ2n) is 6.92. The summed E-state index contributed by atoms with van der Waals surface area (Å²) in [4.78, 5) is 35.2. The van der Waals surface area contributed by atoms with Crippen LogP contribution in [0.15, 0.2) is 24.3 Å². The molecule has 1 N–H and O–H groups in total. The van der Waals surface area contributed by atoms with Gasteiger partial charge >= 0.3 is 11.9 Å². The van der Waals surface area contributed by atoms with Crippen molar-refractivity contribution in [3.05, 3.63) is 29.8 Å². The molecule has 0 radical (unpaired) electrons. The number of hydrogen-bond donors (Lipinski definition) is 1. The van der Waals surface area contributed by atoms with Crippen molar-refractivity contribution in [2.75, 3.05) is 19.0 Å². The molecule has 0 heterocycles. The summed E-state index contributed by atoms with van der Waals surface area (Å²) in [5.41, 5.74) is 0.930. The SMILES string of the molecule is COC(=O)c1ccc(NC(=O)COC(=O)C[C@@H]2C[C@@H]3CC[C@@H]2C3)cc1. The molecule has 2 saturated carbocycles. The van der Waals surface area contributed by atoms with Crippen LogP contribution in [0.4, 0.5) is 5.69 Å². The number of carbonyl (C=O) groups excluding carboxylic acids is 3. The molecule has 2 aliphatic rings. The Morgan fingerprint density at radius 1 is 1.12 bits per heavy atom. The van der Waals surface area contributed by atoms with Crippen molar-refractivity contribution in [3.63, 3.8) is 0 Å². The summed E-state index contributed by atoms with van der Waals surface area (Å²) in [7, 11) is 1.31. The minimum absolute atomic E-state index is 0.293. The molecule has 3 rings (SSSR count). The topological polar surface area (TPSA) is 81.7 Å². The molecular weight excluding hydrogens is 322 g/mol. The monoisotopic (exact) mass is 345 g/mol. The van der Waals surface area contributed by atoms with Crippen LogP contribution in [0, 0.1) is 17.8 Å². The van der Waals surface area contributed by atoms with Gasteiger partial charge in [0.15, 0.2) is 6.61 Å². The number of anilines is 1. The second kappa shape index (κ2) is 7.68. The van der Waals surface area contributed by atoms with E-state index >= 15 is 0 Å². The average Bonchev–Trinajstić information content (AvgIpc) is 3.23. The highest BCUT2D eigenvalue weighted by molar-refractivity contribution is 5.94. The van der Waals surface area contributed by atoms with Gasteiger partial charge in [0.1, 0.15) is 0 Å². The lowest BCUT2D eigenvalue weighted by Gasteiger charge is -2.20. The zero-order valence-corrected chi connectivity index (χ0v) is 14.3. The Bertz CT molecular complexity index is 654. The van der Waals surface area contributed by atoms with Crippen LogP contribution in [0.2, 0.25) is 0 Å². The van der Waals surface area contributed by atoms with Gasteiger partial charge in [0.25, 0.3) is 5.91 Å². The van der Waals surface area contributed by atoms with Gasteiger partial charge < -0.3 is 14.8 Å². The Kier molecular flexibility index (Phi) is 5.36. The Hall–Kier alpha value is -2.37. The van der Waals surface area contributed by atoms with E-state index in [1.165, 1.54) is 26.4 Å². The van der Waals surface area contributed by atoms with Gasteiger partial charge in [-0.2, -0.15) is 0 Å². The molecule has 3 atom stereocenters. The van der Waals surface area contributed by atoms with Crippen LogP contribution < -0.4 is 5.32 Å². The van der Waals surface area contributed by atoms with E-state index in [2.05, 4.69) is 10.1 Å². The van der Waals surface area contributed by atoms with E-state index in [-0.39, 0.29) is 12.6 Å². The predicted octanol–water partition coefficient (Wildman–Crippen LogP) is 2.78. The number of ether oxygens (including phenoxy) is 2. The number of fused-ring (bicyclic) bond motifs is 2. The molecule has 0 unspecified atom stereocenters. The van der Waals surface area contributed by atoms with Gasteiger partial charge in [0.2, 0.25) is 0 Å². The Balaban J connectivity index is 1.40. The van der Waals surface area contributed by atoms with Crippen LogP contribution in [-0.2, 0) is 19.1 Å². The molecule has 6 nitrogen and oxygen atoms in total. The highest BCUT2D eigenvalue weighted by atomic mass is 16.5. The van der Waals surface area contributed by atoms with Gasteiger partial charge in [-0.1, -0.05) is 6.42 Å². The van der Waals surface area contributed by atoms with E-state index in [4.69, 9.17) is 4.74 Å². The molecule has 1 amide bonds. The van der Waals surface area contributed by atoms with Gasteiger partial charge in [-0.15, -0.1) is 0 Å². The normalized spacial score (nSPS) is 24.0. The number of carbonyl (C=O) groups is 3. The summed E-state index contributed by atoms with van der Waals surface area (Å²) in [5.74, 6) is 0.757. The second-order valence-corrected chi connectivity index (χ2v) is 6.92. The highest BCUT2D eigenvalue weighted by Crippen LogP contribution is 2.49. The smallest absolute Gasteiger partial charge is 0.337 e. The largest absolute Gasteiger partial charge is 0.465 e. The molecule has 0 aromatic heterocycles. The lowest BCUT2D eigenvalue weighted by Crippen LogP contribution is -2.23. The third-order valence-corrected chi connectivity index (χ3v) is 5.27. The fraction of sp³-hybridized carbons (Fsp3) is 0.526. The lowest BCUT2D eigenvalue weighted by molar-refractivity contribution is -0.148. The molecule has 0 saturated heterocycles. The van der Waals surface area contributed by atoms with E-state index in [0.29, 0.717) is 29.5 Å². The van der Waals surface area contributed by atoms with Crippen LogP contribution in [-0.4, -0.2) is 31.6 Å². The minimum Gasteiger partial charge on any atom is -0.465 e. The van der Waals surface area contributed by atoms with Crippen LogP contribution in [0.3, 0.4) is 0 Å². The fourth-order valence-corrected chi connectivity index (χ4v) is 4.05. The first kappa shape index (κ1) is 17.5. The maximum atomic E-state index is 11.9. The third kappa shape index (κ3) is 4.38. The molecular formula is C19H23NO5. The molecule has 2 bridgehead atoms. The van der Waals surface area contributed by atoms with Crippen molar-refractivity contribution in [1.29, 1.82) is 0 Å². The van der Waals surface area contributed by atoms with Gasteiger partial charge in [0.05, 0.1) is 12.7 Å². The predicted molar refractivity (Wildman–Crippen MR) is 90.9 cm³/mol. The third-order valence-electron chi connectivity index (χ3n) is 5.27. The first-order valence-electron chi connectivity index (χ1n) is 8.69. The Morgan fingerprint density at radius 3 is 2.48 bits per heavy atom. The average molecular weight is 345 g/mol. The van der Waals surface area contributed by atoms with Gasteiger partial charge in [-0.25, -0.2) is 4.79 Å². The van der Waals surface area contributed by atoms with Crippen molar-refractivity contribution in [2.45, 2.75) is 32.1 Å². The van der Waals surface area contributed by atoms with Crippen LogP contribution in [0.5, 0.6) is 0 Å². The van der Waals surface area contributed by atoms with Crippen molar-refractivity contribution in [1.82, 2.24) is 0 Å². The molecule has 1 aromatic carbocycles. The van der Waals surface area contributed by atoms with Crippen molar-refractivity contribution >= 4 is 23.5 Å². The molecule has 1 aromatic rings. The number of amides is 1.